The third-order valence-electron chi connectivity index (χ3n) is 2.04. The Labute approximate surface area is 88.2 Å². The number of carbonyl (C=O) groups is 1. The smallest absolute Gasteiger partial charge is 0.408 e. The van der Waals surface area contributed by atoms with E-state index in [2.05, 4.69) is 5.32 Å². The first-order valence-electron chi connectivity index (χ1n) is 4.75. The molecule has 4 nitrogen and oxygen atoms in total. The minimum absolute atomic E-state index is 0.292. The van der Waals surface area contributed by atoms with Gasteiger partial charge in [-0.25, -0.2) is 4.79 Å². The molecule has 15 heavy (non-hydrogen) atoms. The average molecular weight is 206 g/mol. The van der Waals surface area contributed by atoms with Crippen LogP contribution in [0.5, 0.6) is 0 Å². The Morgan fingerprint density at radius 3 is 2.67 bits per heavy atom. The third-order valence-corrected chi connectivity index (χ3v) is 2.04. The topological polar surface area (TPSA) is 47.6 Å². The first-order valence-corrected chi connectivity index (χ1v) is 4.75. The first-order chi connectivity index (χ1) is 7.34. The Bertz CT molecular complexity index is 322. The van der Waals surface area contributed by atoms with Crippen LogP contribution in [-0.4, -0.2) is 19.3 Å². The number of rotatable bonds is 3. The van der Waals surface area contributed by atoms with Crippen LogP contribution in [0.2, 0.25) is 0 Å². The number of benzene rings is 1. The van der Waals surface area contributed by atoms with Crippen molar-refractivity contribution >= 4 is 6.09 Å². The molecular formula is C11H12NO3. The van der Waals surface area contributed by atoms with Gasteiger partial charge in [-0.05, 0) is 5.56 Å². The zero-order valence-electron chi connectivity index (χ0n) is 8.23. The first kappa shape index (κ1) is 9.98. The number of hydrogen-bond acceptors (Lipinski definition) is 3. The van der Waals surface area contributed by atoms with Gasteiger partial charge in [-0.1, -0.05) is 30.3 Å². The third kappa shape index (κ3) is 2.95. The number of alkyl carbamates (subject to hydrolysis) is 1. The Morgan fingerprint density at radius 2 is 2.07 bits per heavy atom. The summed E-state index contributed by atoms with van der Waals surface area (Å²) in [5.74, 6) is 0. The van der Waals surface area contributed by atoms with Crippen molar-refractivity contribution in [1.82, 2.24) is 5.32 Å². The lowest BCUT2D eigenvalue weighted by Crippen LogP contribution is -2.41. The molecular weight excluding hydrogens is 194 g/mol. The summed E-state index contributed by atoms with van der Waals surface area (Å²) in [7, 11) is 0. The maximum absolute atomic E-state index is 11.2. The van der Waals surface area contributed by atoms with Gasteiger partial charge in [0.25, 0.3) is 0 Å². The van der Waals surface area contributed by atoms with Crippen LogP contribution in [-0.2, 0) is 16.1 Å². The molecule has 0 bridgehead atoms. The lowest BCUT2D eigenvalue weighted by atomic mass is 10.2. The molecule has 0 aromatic heterocycles. The molecule has 1 saturated heterocycles. The summed E-state index contributed by atoms with van der Waals surface area (Å²) in [6, 6.07) is 10.4. The molecule has 1 heterocycles. The van der Waals surface area contributed by atoms with E-state index < -0.39 is 6.09 Å². The molecule has 0 spiro atoms. The van der Waals surface area contributed by atoms with Crippen molar-refractivity contribution in [2.45, 2.75) is 6.61 Å². The summed E-state index contributed by atoms with van der Waals surface area (Å²) >= 11 is 0. The second kappa shape index (κ2) is 4.79. The van der Waals surface area contributed by atoms with Gasteiger partial charge in [0, 0.05) is 0 Å². The zero-order valence-corrected chi connectivity index (χ0v) is 8.23. The van der Waals surface area contributed by atoms with Crippen molar-refractivity contribution in [3.8, 4) is 0 Å². The van der Waals surface area contributed by atoms with Crippen LogP contribution in [0, 0.1) is 6.04 Å². The van der Waals surface area contributed by atoms with Crippen LogP contribution in [0.4, 0.5) is 4.79 Å². The van der Waals surface area contributed by atoms with E-state index in [1.165, 1.54) is 0 Å². The van der Waals surface area contributed by atoms with Crippen molar-refractivity contribution < 1.29 is 14.3 Å². The fourth-order valence-electron chi connectivity index (χ4n) is 1.18. The Hall–Kier alpha value is -1.55. The van der Waals surface area contributed by atoms with Gasteiger partial charge in [-0.15, -0.1) is 0 Å². The number of amides is 1. The lowest BCUT2D eigenvalue weighted by Gasteiger charge is -2.25. The zero-order chi connectivity index (χ0) is 10.5. The van der Waals surface area contributed by atoms with Crippen molar-refractivity contribution in [3.05, 3.63) is 41.9 Å². The van der Waals surface area contributed by atoms with Crippen LogP contribution in [0.15, 0.2) is 30.3 Å². The minimum Gasteiger partial charge on any atom is -0.445 e. The van der Waals surface area contributed by atoms with Crippen LogP contribution >= 0.6 is 0 Å². The van der Waals surface area contributed by atoms with Gasteiger partial charge in [-0.3, -0.25) is 0 Å². The molecule has 4 heteroatoms. The van der Waals surface area contributed by atoms with Gasteiger partial charge < -0.3 is 14.8 Å². The minimum atomic E-state index is -0.419. The molecule has 1 N–H and O–H groups in total. The highest BCUT2D eigenvalue weighted by atomic mass is 16.6. The van der Waals surface area contributed by atoms with Crippen molar-refractivity contribution in [1.29, 1.82) is 0 Å². The molecule has 1 aliphatic rings. The van der Waals surface area contributed by atoms with Gasteiger partial charge >= 0.3 is 6.09 Å². The average Bonchev–Trinajstić information content (AvgIpc) is 2.22. The summed E-state index contributed by atoms with van der Waals surface area (Å²) in [4.78, 5) is 11.2. The number of nitrogens with one attached hydrogen (secondary N) is 1. The van der Waals surface area contributed by atoms with Crippen molar-refractivity contribution in [3.63, 3.8) is 0 Å². The van der Waals surface area contributed by atoms with E-state index >= 15 is 0 Å². The molecule has 1 radical (unpaired) electrons. The molecule has 0 unspecified atom stereocenters. The van der Waals surface area contributed by atoms with Crippen LogP contribution in [0.1, 0.15) is 5.56 Å². The van der Waals surface area contributed by atoms with Crippen LogP contribution in [0.3, 0.4) is 0 Å². The molecule has 2 rings (SSSR count). The summed E-state index contributed by atoms with van der Waals surface area (Å²) in [6.07, 6.45) is -0.419. The predicted octanol–water partition coefficient (Wildman–Crippen LogP) is 1.47. The molecule has 1 aromatic carbocycles. The van der Waals surface area contributed by atoms with E-state index in [-0.39, 0.29) is 0 Å². The van der Waals surface area contributed by atoms with Crippen molar-refractivity contribution in [2.75, 3.05) is 13.2 Å². The van der Waals surface area contributed by atoms with Gasteiger partial charge in [0.2, 0.25) is 0 Å². The maximum Gasteiger partial charge on any atom is 0.408 e. The summed E-state index contributed by atoms with van der Waals surface area (Å²) in [5.41, 5.74) is 0.975. The van der Waals surface area contributed by atoms with E-state index in [9.17, 15) is 4.79 Å². The molecule has 0 aliphatic carbocycles. The SMILES string of the molecule is O=C(N[C]1COC1)OCc1ccccc1. The lowest BCUT2D eigenvalue weighted by molar-refractivity contribution is 0.0463. The molecule has 1 amide bonds. The fraction of sp³-hybridized carbons (Fsp3) is 0.273. The van der Waals surface area contributed by atoms with Crippen LogP contribution < -0.4 is 5.32 Å². The standard InChI is InChI=1S/C11H12NO3/c13-11(12-10-7-14-8-10)15-6-9-4-2-1-3-5-9/h1-5H,6-8H2,(H,12,13). The highest BCUT2D eigenvalue weighted by molar-refractivity contribution is 5.69. The van der Waals surface area contributed by atoms with E-state index in [1.54, 1.807) is 0 Å². The summed E-state index contributed by atoms with van der Waals surface area (Å²) < 4.78 is 9.90. The van der Waals surface area contributed by atoms with E-state index in [0.29, 0.717) is 19.8 Å². The van der Waals surface area contributed by atoms with Crippen molar-refractivity contribution in [2.24, 2.45) is 0 Å². The predicted molar refractivity (Wildman–Crippen MR) is 53.8 cm³/mol. The monoisotopic (exact) mass is 206 g/mol. The molecule has 0 atom stereocenters. The second-order valence-corrected chi connectivity index (χ2v) is 3.28. The van der Waals surface area contributed by atoms with E-state index in [4.69, 9.17) is 9.47 Å². The van der Waals surface area contributed by atoms with Gasteiger partial charge in [0.05, 0.1) is 13.2 Å². The second-order valence-electron chi connectivity index (χ2n) is 3.28. The summed E-state index contributed by atoms with van der Waals surface area (Å²) in [5, 5.41) is 2.62. The molecule has 1 aromatic rings. The highest BCUT2D eigenvalue weighted by Crippen LogP contribution is 2.08. The van der Waals surface area contributed by atoms with E-state index in [0.717, 1.165) is 11.6 Å². The molecule has 79 valence electrons. The van der Waals surface area contributed by atoms with Crippen LogP contribution in [0.25, 0.3) is 0 Å². The Kier molecular flexibility index (Phi) is 3.19. The number of carbonyl (C=O) groups excluding carboxylic acids is 1. The largest absolute Gasteiger partial charge is 0.445 e. The van der Waals surface area contributed by atoms with Gasteiger partial charge in [0.15, 0.2) is 0 Å². The molecule has 1 fully saturated rings. The van der Waals surface area contributed by atoms with Gasteiger partial charge in [-0.2, -0.15) is 0 Å². The molecule has 0 saturated carbocycles. The number of hydrogen-bond donors (Lipinski definition) is 1. The normalized spacial score (nSPS) is 15.5. The molecule has 1 aliphatic heterocycles. The van der Waals surface area contributed by atoms with Gasteiger partial charge in [0.1, 0.15) is 12.6 Å². The Balaban J connectivity index is 1.71. The highest BCUT2D eigenvalue weighted by Gasteiger charge is 2.22. The fourth-order valence-corrected chi connectivity index (χ4v) is 1.18. The quantitative estimate of drug-likeness (QED) is 0.814. The Morgan fingerprint density at radius 1 is 1.33 bits per heavy atom. The number of ether oxygens (including phenoxy) is 2. The summed E-state index contributed by atoms with van der Waals surface area (Å²) in [6.45, 7) is 1.29. The maximum atomic E-state index is 11.2. The van der Waals surface area contributed by atoms with E-state index in [1.807, 2.05) is 30.3 Å².